The van der Waals surface area contributed by atoms with Crippen molar-refractivity contribution in [2.45, 2.75) is 0 Å². The lowest BCUT2D eigenvalue weighted by molar-refractivity contribution is 0.242. The first-order chi connectivity index (χ1) is 3.81. The molecule has 0 spiro atoms. The molecule has 0 aliphatic rings. The number of hydrogen-bond donors (Lipinski definition) is 3. The Hall–Kier alpha value is -1.21. The Morgan fingerprint density at radius 1 is 1.88 bits per heavy atom. The lowest BCUT2D eigenvalue weighted by atomic mass is 10.7. The van der Waals surface area contributed by atoms with Gasteiger partial charge in [0.25, 0.3) is 0 Å². The zero-order valence-corrected chi connectivity index (χ0v) is 4.27. The molecule has 0 aromatic carbocycles. The topological polar surface area (TPSA) is 67.2 Å². The summed E-state index contributed by atoms with van der Waals surface area (Å²) in [6.45, 7) is 0.197. The molecule has 0 unspecified atom stereocenters. The van der Waals surface area contributed by atoms with Gasteiger partial charge in [-0.05, 0) is 0 Å². The number of carbonyl (C=O) groups is 1. The van der Waals surface area contributed by atoms with E-state index in [-0.39, 0.29) is 6.54 Å². The quantitative estimate of drug-likeness (QED) is 0.173. The summed E-state index contributed by atoms with van der Waals surface area (Å²) in [6, 6.07) is -0.469. The van der Waals surface area contributed by atoms with Crippen LogP contribution in [0.1, 0.15) is 0 Å². The van der Waals surface area contributed by atoms with Crippen LogP contribution in [-0.4, -0.2) is 12.6 Å². The van der Waals surface area contributed by atoms with Crippen LogP contribution < -0.4 is 16.6 Å². The Balaban J connectivity index is 3.15. The van der Waals surface area contributed by atoms with Gasteiger partial charge in [0.1, 0.15) is 0 Å². The van der Waals surface area contributed by atoms with Crippen LogP contribution in [0.5, 0.6) is 0 Å². The second-order valence-corrected chi connectivity index (χ2v) is 1.03. The first-order valence-electron chi connectivity index (χ1n) is 1.99. The molecule has 0 atom stereocenters. The van der Waals surface area contributed by atoms with Crippen LogP contribution in [0.4, 0.5) is 4.79 Å². The largest absolute Gasteiger partial charge is 0.329 e. The molecular weight excluding hydrogens is 106 g/mol. The summed E-state index contributed by atoms with van der Waals surface area (Å²) in [7, 11) is 0. The Bertz CT molecular complexity index is 115. The van der Waals surface area contributed by atoms with Gasteiger partial charge in [0.2, 0.25) is 0 Å². The van der Waals surface area contributed by atoms with Crippen molar-refractivity contribution in [1.29, 1.82) is 0 Å². The van der Waals surface area contributed by atoms with E-state index < -0.39 is 6.03 Å². The summed E-state index contributed by atoms with van der Waals surface area (Å²) >= 11 is 0. The number of carbonyl (C=O) groups excluding carboxylic acids is 1. The van der Waals surface area contributed by atoms with Crippen molar-refractivity contribution < 1.29 is 4.79 Å². The summed E-state index contributed by atoms with van der Waals surface area (Å²) in [5.74, 6) is 6.89. The summed E-state index contributed by atoms with van der Waals surface area (Å²) < 4.78 is 0. The van der Waals surface area contributed by atoms with Crippen LogP contribution in [0.15, 0.2) is 0 Å². The van der Waals surface area contributed by atoms with Gasteiger partial charge >= 0.3 is 6.03 Å². The Morgan fingerprint density at radius 2 is 2.50 bits per heavy atom. The van der Waals surface area contributed by atoms with Crippen molar-refractivity contribution in [3.8, 4) is 12.3 Å². The number of urea groups is 1. The Labute approximate surface area is 47.4 Å². The SMILES string of the molecule is C#CCNC(=O)NN. The molecule has 4 N–H and O–H groups in total. The molecule has 44 valence electrons. The number of hydrazine groups is 1. The van der Waals surface area contributed by atoms with Gasteiger partial charge in [0.15, 0.2) is 0 Å². The van der Waals surface area contributed by atoms with Crippen molar-refractivity contribution in [2.24, 2.45) is 5.84 Å². The van der Waals surface area contributed by atoms with Crippen molar-refractivity contribution in [2.75, 3.05) is 6.54 Å². The maximum atomic E-state index is 10.1. The second-order valence-electron chi connectivity index (χ2n) is 1.03. The van der Waals surface area contributed by atoms with Crippen LogP contribution in [0.25, 0.3) is 0 Å². The van der Waals surface area contributed by atoms with E-state index in [1.54, 1.807) is 0 Å². The predicted octanol–water partition coefficient (Wildman–Crippen LogP) is -1.21. The van der Waals surface area contributed by atoms with Gasteiger partial charge in [-0.2, -0.15) is 0 Å². The molecule has 0 radical (unpaired) electrons. The van der Waals surface area contributed by atoms with E-state index in [4.69, 9.17) is 6.42 Å². The van der Waals surface area contributed by atoms with Crippen molar-refractivity contribution >= 4 is 6.03 Å². The van der Waals surface area contributed by atoms with Crippen molar-refractivity contribution in [1.82, 2.24) is 10.7 Å². The van der Waals surface area contributed by atoms with E-state index in [0.29, 0.717) is 0 Å². The monoisotopic (exact) mass is 113 g/mol. The highest BCUT2D eigenvalue weighted by Gasteiger charge is 1.88. The highest BCUT2D eigenvalue weighted by atomic mass is 16.2. The lowest BCUT2D eigenvalue weighted by Crippen LogP contribution is -2.39. The Kier molecular flexibility index (Phi) is 3.36. The molecule has 0 aromatic heterocycles. The molecule has 8 heavy (non-hydrogen) atoms. The maximum Gasteiger partial charge on any atom is 0.329 e. The molecule has 4 nitrogen and oxygen atoms in total. The number of hydrogen-bond acceptors (Lipinski definition) is 2. The predicted molar refractivity (Wildman–Crippen MR) is 29.6 cm³/mol. The van der Waals surface area contributed by atoms with Crippen LogP contribution in [0.3, 0.4) is 0 Å². The molecule has 0 aliphatic carbocycles. The fraction of sp³-hybridized carbons (Fsp3) is 0.250. The molecule has 0 bridgehead atoms. The van der Waals surface area contributed by atoms with Gasteiger partial charge < -0.3 is 5.32 Å². The van der Waals surface area contributed by atoms with E-state index in [1.165, 1.54) is 0 Å². The smallest absolute Gasteiger partial charge is 0.326 e. The minimum absolute atomic E-state index is 0.197. The van der Waals surface area contributed by atoms with Gasteiger partial charge in [-0.15, -0.1) is 6.42 Å². The third kappa shape index (κ3) is 3.00. The number of amides is 2. The maximum absolute atomic E-state index is 10.1. The summed E-state index contributed by atoms with van der Waals surface area (Å²) in [5.41, 5.74) is 1.85. The zero-order valence-electron chi connectivity index (χ0n) is 4.27. The van der Waals surface area contributed by atoms with Gasteiger partial charge in [0, 0.05) is 0 Å². The Morgan fingerprint density at radius 3 is 2.88 bits per heavy atom. The molecular formula is C4H7N3O. The van der Waals surface area contributed by atoms with Crippen LogP contribution in [0.2, 0.25) is 0 Å². The molecule has 0 rings (SSSR count). The number of rotatable bonds is 1. The molecule has 0 saturated carbocycles. The average Bonchev–Trinajstić information content (AvgIpc) is 1.83. The van der Waals surface area contributed by atoms with Crippen LogP contribution in [-0.2, 0) is 0 Å². The molecule has 4 heteroatoms. The van der Waals surface area contributed by atoms with Crippen LogP contribution in [0, 0.1) is 12.3 Å². The van der Waals surface area contributed by atoms with E-state index >= 15 is 0 Å². The molecule has 0 saturated heterocycles. The highest BCUT2D eigenvalue weighted by Crippen LogP contribution is 1.54. The average molecular weight is 113 g/mol. The number of nitrogens with two attached hydrogens (primary N) is 1. The minimum Gasteiger partial charge on any atom is -0.326 e. The third-order valence-electron chi connectivity index (χ3n) is 0.482. The van der Waals surface area contributed by atoms with Crippen molar-refractivity contribution in [3.05, 3.63) is 0 Å². The minimum atomic E-state index is -0.469. The fourth-order valence-corrected chi connectivity index (χ4v) is 0.182. The molecule has 0 aliphatic heterocycles. The molecule has 0 fully saturated rings. The fourth-order valence-electron chi connectivity index (χ4n) is 0.182. The third-order valence-corrected chi connectivity index (χ3v) is 0.482. The van der Waals surface area contributed by atoms with E-state index in [2.05, 4.69) is 17.1 Å². The van der Waals surface area contributed by atoms with E-state index in [0.717, 1.165) is 0 Å². The zero-order chi connectivity index (χ0) is 6.41. The normalized spacial score (nSPS) is 7.00. The standard InChI is InChI=1S/C4H7N3O/c1-2-3-6-4(8)7-5/h1H,3,5H2,(H2,6,7,8). The summed E-state index contributed by atoms with van der Waals surface area (Å²) in [5, 5.41) is 2.27. The van der Waals surface area contributed by atoms with Crippen molar-refractivity contribution in [3.63, 3.8) is 0 Å². The highest BCUT2D eigenvalue weighted by molar-refractivity contribution is 5.73. The van der Waals surface area contributed by atoms with E-state index in [9.17, 15) is 4.79 Å². The van der Waals surface area contributed by atoms with Crippen LogP contribution >= 0.6 is 0 Å². The summed E-state index contributed by atoms with van der Waals surface area (Å²) in [4.78, 5) is 10.1. The van der Waals surface area contributed by atoms with E-state index in [1.807, 2.05) is 5.43 Å². The van der Waals surface area contributed by atoms with Gasteiger partial charge in [0.05, 0.1) is 6.54 Å². The molecule has 2 amide bonds. The summed E-state index contributed by atoms with van der Waals surface area (Å²) in [6.07, 6.45) is 4.80. The first-order valence-corrected chi connectivity index (χ1v) is 1.99. The molecule has 0 aromatic rings. The van der Waals surface area contributed by atoms with Gasteiger partial charge in [-0.1, -0.05) is 5.92 Å². The number of terminal acetylenes is 1. The second kappa shape index (κ2) is 3.96. The van der Waals surface area contributed by atoms with Gasteiger partial charge in [-0.3, -0.25) is 5.43 Å². The number of nitrogens with one attached hydrogen (secondary N) is 2. The van der Waals surface area contributed by atoms with Gasteiger partial charge in [-0.25, -0.2) is 10.6 Å². The lowest BCUT2D eigenvalue weighted by Gasteiger charge is -1.95. The first kappa shape index (κ1) is 6.79. The molecule has 0 heterocycles.